The first-order valence-corrected chi connectivity index (χ1v) is 29.9. The van der Waals surface area contributed by atoms with Crippen molar-refractivity contribution in [3.63, 3.8) is 0 Å². The number of fused-ring (bicyclic) bond motifs is 3. The summed E-state index contributed by atoms with van der Waals surface area (Å²) in [6.07, 6.45) is 14.0. The number of piperidine rings is 1. The molecule has 4 aliphatic rings. The number of amides is 1. The highest BCUT2D eigenvalue weighted by atomic mass is 28.3. The number of carbonyl (C=O) groups is 5. The number of aliphatic hydroxyl groups is 2. The first kappa shape index (κ1) is 60.4. The molecule has 15 heteroatoms. The lowest BCUT2D eigenvalue weighted by atomic mass is 9.78. The van der Waals surface area contributed by atoms with E-state index in [1.54, 1.807) is 41.1 Å². The molecule has 2 bridgehead atoms. The van der Waals surface area contributed by atoms with Crippen LogP contribution in [0.3, 0.4) is 0 Å². The van der Waals surface area contributed by atoms with Crippen molar-refractivity contribution in [2.75, 3.05) is 34.5 Å². The number of hydrogen-bond acceptors (Lipinski definition) is 13. The Labute approximate surface area is 427 Å². The molecule has 3 aliphatic heterocycles. The van der Waals surface area contributed by atoms with Crippen LogP contribution < -0.4 is 0 Å². The van der Waals surface area contributed by atoms with Crippen LogP contribution in [-0.2, 0) is 52.4 Å². The van der Waals surface area contributed by atoms with E-state index in [1.807, 2.05) is 58.1 Å². The molecule has 1 amide bonds. The number of methoxy groups -OCH3 is 3. The summed E-state index contributed by atoms with van der Waals surface area (Å²) < 4.78 is 36.3. The molecule has 3 heterocycles. The van der Waals surface area contributed by atoms with Crippen LogP contribution in [0.1, 0.15) is 132 Å². The molecule has 2 N–H and O–H groups in total. The number of cyclic esters (lactones) is 1. The Bertz CT molecular complexity index is 1880. The summed E-state index contributed by atoms with van der Waals surface area (Å²) in [5.41, 5.74) is 1.29. The second kappa shape index (κ2) is 29.1. The van der Waals surface area contributed by atoms with Crippen molar-refractivity contribution in [1.82, 2.24) is 4.90 Å². The van der Waals surface area contributed by atoms with Gasteiger partial charge in [-0.1, -0.05) is 90.2 Å². The largest absolute Gasteiger partial charge is 0.460 e. The second-order valence-corrected chi connectivity index (χ2v) is 25.3. The van der Waals surface area contributed by atoms with Crippen molar-refractivity contribution in [3.05, 3.63) is 47.6 Å². The molecule has 2 saturated heterocycles. The lowest BCUT2D eigenvalue weighted by Crippen LogP contribution is -2.61. The third-order valence-corrected chi connectivity index (χ3v) is 17.3. The minimum atomic E-state index is -2.42. The van der Waals surface area contributed by atoms with Gasteiger partial charge < -0.3 is 43.5 Å². The van der Waals surface area contributed by atoms with Crippen LogP contribution in [0, 0.1) is 35.5 Å². The molecule has 71 heavy (non-hydrogen) atoms. The maximum absolute atomic E-state index is 14.5. The smallest absolute Gasteiger partial charge is 0.329 e. The number of esters is 1. The maximum atomic E-state index is 14.5. The van der Waals surface area contributed by atoms with Crippen molar-refractivity contribution >= 4 is 38.0 Å². The Morgan fingerprint density at radius 3 is 2.27 bits per heavy atom. The topological polar surface area (TPSA) is 184 Å². The van der Waals surface area contributed by atoms with E-state index in [1.165, 1.54) is 18.1 Å². The van der Waals surface area contributed by atoms with Gasteiger partial charge in [0.15, 0.2) is 5.78 Å². The number of allylic oxidation sites excluding steroid dienone is 6. The number of ketones is 3. The molecule has 402 valence electrons. The van der Waals surface area contributed by atoms with Gasteiger partial charge in [-0.2, -0.15) is 0 Å². The number of ether oxygens (including phenoxy) is 6. The third-order valence-electron chi connectivity index (χ3n) is 15.7. The van der Waals surface area contributed by atoms with Crippen LogP contribution >= 0.6 is 0 Å². The normalized spacial score (nSPS) is 38.1. The molecule has 15 atom stereocenters. The van der Waals surface area contributed by atoms with E-state index in [2.05, 4.69) is 13.1 Å². The molecule has 0 aromatic carbocycles. The van der Waals surface area contributed by atoms with Crippen LogP contribution in [0.4, 0.5) is 0 Å². The molecule has 1 aliphatic carbocycles. The van der Waals surface area contributed by atoms with Gasteiger partial charge in [-0.15, -0.1) is 0 Å². The zero-order valence-corrected chi connectivity index (χ0v) is 46.4. The molecule has 1 saturated carbocycles. The summed E-state index contributed by atoms with van der Waals surface area (Å²) >= 11 is 0. The SMILES string of the molecule is CO[C@H]1C[C@@H]2CC[C@@H](C)[C@@](O)(O2)C(=O)C(=O)N2CCCC[C@H]2C(=O)O[C@H](C(C)C[C@@H]2CC[C@@H](OCCC[SiH](C)C)[C@H](OC)C2)CC(=O)[C@H](C)/C=C(\C)[C@@H](O)[C@@H](OC)C(=O)[C@H](C)C[C@H](C)/C=C/C=C/C=C/1C. The minimum absolute atomic E-state index is 0.00652. The molecule has 1 unspecified atom stereocenters. The highest BCUT2D eigenvalue weighted by Crippen LogP contribution is 2.38. The summed E-state index contributed by atoms with van der Waals surface area (Å²) in [5.74, 6) is -7.69. The minimum Gasteiger partial charge on any atom is -0.460 e. The number of nitrogens with zero attached hydrogens (tertiary/aromatic N) is 1. The van der Waals surface area contributed by atoms with Crippen LogP contribution in [0.25, 0.3) is 0 Å². The lowest BCUT2D eigenvalue weighted by Gasteiger charge is -2.42. The molecule has 14 nitrogen and oxygen atoms in total. The average Bonchev–Trinajstić information content (AvgIpc) is 3.34. The number of Topliss-reactive ketones (excluding diaryl/α,β-unsaturated/α-hetero) is 3. The van der Waals surface area contributed by atoms with E-state index < -0.39 is 86.6 Å². The second-order valence-electron chi connectivity index (χ2n) is 22.0. The van der Waals surface area contributed by atoms with Gasteiger partial charge in [0.05, 0.1) is 24.4 Å². The first-order valence-electron chi connectivity index (χ1n) is 26.8. The van der Waals surface area contributed by atoms with Gasteiger partial charge in [0, 0.05) is 73.9 Å². The van der Waals surface area contributed by atoms with E-state index in [9.17, 15) is 34.2 Å². The quantitative estimate of drug-likeness (QED) is 0.0667. The number of aliphatic hydroxyl groups excluding tert-OH is 1. The van der Waals surface area contributed by atoms with Crippen molar-refractivity contribution in [2.45, 2.75) is 206 Å². The van der Waals surface area contributed by atoms with Gasteiger partial charge in [0.1, 0.15) is 30.1 Å². The number of carbonyl (C=O) groups excluding carboxylic acids is 5. The highest BCUT2D eigenvalue weighted by molar-refractivity contribution is 6.55. The predicted octanol–water partition coefficient (Wildman–Crippen LogP) is 8.08. The molecule has 0 aromatic rings. The zero-order chi connectivity index (χ0) is 52.6. The van der Waals surface area contributed by atoms with E-state index in [0.717, 1.165) is 31.3 Å². The monoisotopic (exact) mass is 1010 g/mol. The van der Waals surface area contributed by atoms with E-state index in [-0.39, 0.29) is 60.9 Å². The first-order chi connectivity index (χ1) is 33.6. The molecule has 4 rings (SSSR count). The Hall–Kier alpha value is -3.15. The summed E-state index contributed by atoms with van der Waals surface area (Å²) in [5, 5.41) is 23.5. The van der Waals surface area contributed by atoms with Gasteiger partial charge >= 0.3 is 5.97 Å². The Kier molecular flexibility index (Phi) is 24.7. The van der Waals surface area contributed by atoms with Crippen molar-refractivity contribution < 1.29 is 62.6 Å². The third kappa shape index (κ3) is 17.2. The summed E-state index contributed by atoms with van der Waals surface area (Å²) in [6.45, 7) is 18.3. The van der Waals surface area contributed by atoms with Gasteiger partial charge in [-0.05, 0) is 113 Å². The Morgan fingerprint density at radius 2 is 1.59 bits per heavy atom. The fraction of sp³-hybridized carbons (Fsp3) is 0.768. The molecular weight excluding hydrogens is 923 g/mol. The summed E-state index contributed by atoms with van der Waals surface area (Å²) in [6, 6.07) is 0.105. The van der Waals surface area contributed by atoms with E-state index >= 15 is 0 Å². The van der Waals surface area contributed by atoms with Crippen LogP contribution in [0.15, 0.2) is 47.6 Å². The van der Waals surface area contributed by atoms with Crippen molar-refractivity contribution in [2.24, 2.45) is 35.5 Å². The van der Waals surface area contributed by atoms with Crippen LogP contribution in [0.2, 0.25) is 19.1 Å². The molecule has 0 radical (unpaired) electrons. The van der Waals surface area contributed by atoms with Gasteiger partial charge in [0.2, 0.25) is 5.79 Å². The van der Waals surface area contributed by atoms with E-state index in [4.69, 9.17) is 28.4 Å². The number of rotatable bonds is 11. The van der Waals surface area contributed by atoms with Crippen molar-refractivity contribution in [1.29, 1.82) is 0 Å². The summed E-state index contributed by atoms with van der Waals surface area (Å²) in [7, 11) is 4.03. The molecule has 3 fully saturated rings. The molecule has 0 aromatic heterocycles. The highest BCUT2D eigenvalue weighted by Gasteiger charge is 2.53. The molecular formula is C56H91NO13Si. The van der Waals surface area contributed by atoms with E-state index in [0.29, 0.717) is 57.1 Å². The van der Waals surface area contributed by atoms with Crippen LogP contribution in [-0.4, -0.2) is 142 Å². The average molecular weight is 1010 g/mol. The predicted molar refractivity (Wildman–Crippen MR) is 277 cm³/mol. The van der Waals surface area contributed by atoms with Gasteiger partial charge in [-0.25, -0.2) is 4.79 Å². The number of hydrogen-bond donors (Lipinski definition) is 2. The maximum Gasteiger partial charge on any atom is 0.329 e. The zero-order valence-electron chi connectivity index (χ0n) is 45.3. The fourth-order valence-electron chi connectivity index (χ4n) is 11.0. The lowest BCUT2D eigenvalue weighted by molar-refractivity contribution is -0.265. The standard InChI is InChI=1S/C56H91NO13Si/c1-35-19-14-13-15-20-36(2)47(65-8)33-43-24-22-41(7)56(64,70-43)53(61)54(62)57-26-17-16-21-44(57)55(63)69-48(34-45(58)37(3)30-40(6)51(60)52(67-10)50(59)39(5)29-35)38(4)31-42-23-25-46(49(32-42)66-9)68-27-18-28-71(11)12/h13-15,19-20,30,35,37-39,41-44,46-49,51-52,60,64,71H,16-18,21-29,31-34H2,1-12H3/b15-13+,19-14+,36-20+,40-30+/t35-,37-,38?,39-,41-,42+,43+,44+,46-,47+,48+,49-,51-,52+,56-/m1/s1. The Balaban J connectivity index is 1.67. The van der Waals surface area contributed by atoms with Gasteiger partial charge in [0.25, 0.3) is 11.7 Å². The van der Waals surface area contributed by atoms with Crippen molar-refractivity contribution in [3.8, 4) is 0 Å². The Morgan fingerprint density at radius 1 is 0.859 bits per heavy atom. The summed E-state index contributed by atoms with van der Waals surface area (Å²) in [4.78, 5) is 72.5. The van der Waals surface area contributed by atoms with Gasteiger partial charge in [-0.3, -0.25) is 19.2 Å². The van der Waals surface area contributed by atoms with Crippen LogP contribution in [0.5, 0.6) is 0 Å². The fourth-order valence-corrected chi connectivity index (χ4v) is 12.0. The molecule has 0 spiro atoms.